The van der Waals surface area contributed by atoms with Crippen LogP contribution in [0.1, 0.15) is 10.4 Å². The van der Waals surface area contributed by atoms with E-state index >= 15 is 0 Å². The predicted octanol–water partition coefficient (Wildman–Crippen LogP) is 0.656. The molecule has 7 nitrogen and oxygen atoms in total. The van der Waals surface area contributed by atoms with Crippen LogP contribution in [0.3, 0.4) is 0 Å². The lowest BCUT2D eigenvalue weighted by Crippen LogP contribution is -2.36. The highest BCUT2D eigenvalue weighted by Crippen LogP contribution is 2.22. The first-order chi connectivity index (χ1) is 11.5. The molecule has 1 heterocycles. The number of aliphatic hydroxyl groups excluding tert-OH is 1. The Labute approximate surface area is 139 Å². The summed E-state index contributed by atoms with van der Waals surface area (Å²) in [4.78, 5) is 23.8. The van der Waals surface area contributed by atoms with Gasteiger partial charge in [-0.15, -0.1) is 0 Å². The first-order valence-electron chi connectivity index (χ1n) is 7.38. The molecule has 1 unspecified atom stereocenters. The molecular formula is C17H20N2O5. The highest BCUT2D eigenvalue weighted by Gasteiger charge is 2.12. The molecule has 2 N–H and O–H groups in total. The lowest BCUT2D eigenvalue weighted by molar-refractivity contribution is 0.0902. The van der Waals surface area contributed by atoms with E-state index in [9.17, 15) is 14.7 Å². The van der Waals surface area contributed by atoms with Gasteiger partial charge < -0.3 is 24.5 Å². The first kappa shape index (κ1) is 17.6. The summed E-state index contributed by atoms with van der Waals surface area (Å²) in [6, 6.07) is 9.55. The second kappa shape index (κ2) is 8.16. The highest BCUT2D eigenvalue weighted by molar-refractivity contribution is 5.95. The predicted molar refractivity (Wildman–Crippen MR) is 88.6 cm³/mol. The molecule has 0 saturated carbocycles. The minimum absolute atomic E-state index is 0.0136. The molecule has 0 fully saturated rings. The van der Waals surface area contributed by atoms with Gasteiger partial charge in [-0.1, -0.05) is 6.07 Å². The van der Waals surface area contributed by atoms with Gasteiger partial charge in [-0.3, -0.25) is 9.59 Å². The van der Waals surface area contributed by atoms with Gasteiger partial charge in [0.1, 0.15) is 11.5 Å². The van der Waals surface area contributed by atoms with Crippen molar-refractivity contribution in [2.45, 2.75) is 12.6 Å². The molecule has 2 rings (SSSR count). The molecule has 1 amide bonds. The zero-order chi connectivity index (χ0) is 17.5. The van der Waals surface area contributed by atoms with Gasteiger partial charge in [0.05, 0.1) is 26.9 Å². The number of aromatic nitrogens is 1. The Kier molecular flexibility index (Phi) is 5.97. The first-order valence-corrected chi connectivity index (χ1v) is 7.38. The van der Waals surface area contributed by atoms with E-state index in [4.69, 9.17) is 9.47 Å². The molecule has 1 aromatic heterocycles. The van der Waals surface area contributed by atoms with Gasteiger partial charge in [-0.2, -0.15) is 0 Å². The maximum absolute atomic E-state index is 12.2. The summed E-state index contributed by atoms with van der Waals surface area (Å²) in [7, 11) is 3.00. The third-order valence-electron chi connectivity index (χ3n) is 3.42. The summed E-state index contributed by atoms with van der Waals surface area (Å²) in [6.07, 6.45) is 0.696. The van der Waals surface area contributed by atoms with E-state index in [1.54, 1.807) is 36.5 Å². The van der Waals surface area contributed by atoms with Crippen molar-refractivity contribution in [1.29, 1.82) is 0 Å². The van der Waals surface area contributed by atoms with Gasteiger partial charge in [-0.25, -0.2) is 0 Å². The fraction of sp³-hybridized carbons (Fsp3) is 0.294. The Hall–Kier alpha value is -2.80. The number of carbonyl (C=O) groups is 1. The van der Waals surface area contributed by atoms with Gasteiger partial charge in [0.15, 0.2) is 0 Å². The van der Waals surface area contributed by atoms with Crippen LogP contribution in [0.5, 0.6) is 11.5 Å². The molecule has 2 aromatic rings. The fourth-order valence-corrected chi connectivity index (χ4v) is 2.15. The molecule has 0 aliphatic heterocycles. The number of pyridine rings is 1. The van der Waals surface area contributed by atoms with Crippen LogP contribution in [0.2, 0.25) is 0 Å². The number of nitrogens with zero attached hydrogens (tertiary/aromatic N) is 1. The van der Waals surface area contributed by atoms with Crippen molar-refractivity contribution in [2.75, 3.05) is 20.8 Å². The molecular weight excluding hydrogens is 312 g/mol. The van der Waals surface area contributed by atoms with E-state index in [0.29, 0.717) is 17.1 Å². The third-order valence-corrected chi connectivity index (χ3v) is 3.42. The maximum atomic E-state index is 12.2. The van der Waals surface area contributed by atoms with E-state index in [-0.39, 0.29) is 24.6 Å². The van der Waals surface area contributed by atoms with E-state index in [2.05, 4.69) is 5.32 Å². The maximum Gasteiger partial charge on any atom is 0.251 e. The topological polar surface area (TPSA) is 89.8 Å². The van der Waals surface area contributed by atoms with Gasteiger partial charge in [0.2, 0.25) is 0 Å². The number of aliphatic hydroxyl groups is 1. The largest absolute Gasteiger partial charge is 0.497 e. The highest BCUT2D eigenvalue weighted by atomic mass is 16.5. The van der Waals surface area contributed by atoms with Crippen molar-refractivity contribution in [1.82, 2.24) is 9.88 Å². The van der Waals surface area contributed by atoms with Crippen LogP contribution in [-0.2, 0) is 6.54 Å². The van der Waals surface area contributed by atoms with Crippen molar-refractivity contribution in [3.63, 3.8) is 0 Å². The standard InChI is InChI=1S/C17H20N2O5/c1-23-14-7-12(8-15(9-14)24-2)17(22)18-10-13(20)11-19-6-4-3-5-16(19)21/h3-9,13,20H,10-11H2,1-2H3,(H,18,22). The molecule has 0 bridgehead atoms. The molecule has 0 spiro atoms. The Morgan fingerprint density at radius 3 is 2.46 bits per heavy atom. The van der Waals surface area contributed by atoms with Crippen LogP contribution in [0, 0.1) is 0 Å². The van der Waals surface area contributed by atoms with E-state index in [1.165, 1.54) is 24.9 Å². The van der Waals surface area contributed by atoms with Crippen LogP contribution in [0.15, 0.2) is 47.4 Å². The lowest BCUT2D eigenvalue weighted by Gasteiger charge is -2.14. The summed E-state index contributed by atoms with van der Waals surface area (Å²) in [5.41, 5.74) is 0.149. The Morgan fingerprint density at radius 1 is 1.21 bits per heavy atom. The number of hydrogen-bond acceptors (Lipinski definition) is 5. The Morgan fingerprint density at radius 2 is 1.88 bits per heavy atom. The van der Waals surface area contributed by atoms with Gasteiger partial charge in [0.25, 0.3) is 11.5 Å². The molecule has 0 aliphatic rings. The SMILES string of the molecule is COc1cc(OC)cc(C(=O)NCC(O)Cn2ccccc2=O)c1. The van der Waals surface area contributed by atoms with Crippen LogP contribution >= 0.6 is 0 Å². The quantitative estimate of drug-likeness (QED) is 0.777. The average Bonchev–Trinajstić information content (AvgIpc) is 2.61. The lowest BCUT2D eigenvalue weighted by atomic mass is 10.2. The van der Waals surface area contributed by atoms with E-state index < -0.39 is 6.10 Å². The molecule has 128 valence electrons. The van der Waals surface area contributed by atoms with Crippen molar-refractivity contribution >= 4 is 5.91 Å². The number of benzene rings is 1. The number of rotatable bonds is 7. The minimum Gasteiger partial charge on any atom is -0.497 e. The van der Waals surface area contributed by atoms with Crippen LogP contribution in [0.25, 0.3) is 0 Å². The summed E-state index contributed by atoms with van der Waals surface area (Å²) < 4.78 is 11.6. The average molecular weight is 332 g/mol. The second-order valence-corrected chi connectivity index (χ2v) is 5.16. The summed E-state index contributed by atoms with van der Waals surface area (Å²) in [6.45, 7) is 0.112. The van der Waals surface area contributed by atoms with E-state index in [0.717, 1.165) is 0 Å². The van der Waals surface area contributed by atoms with Crippen LogP contribution in [0.4, 0.5) is 0 Å². The second-order valence-electron chi connectivity index (χ2n) is 5.16. The molecule has 0 aliphatic carbocycles. The molecule has 1 aromatic carbocycles. The van der Waals surface area contributed by atoms with Gasteiger partial charge in [-0.05, 0) is 18.2 Å². The number of methoxy groups -OCH3 is 2. The zero-order valence-corrected chi connectivity index (χ0v) is 13.6. The van der Waals surface area contributed by atoms with Crippen molar-refractivity contribution in [3.05, 3.63) is 58.5 Å². The van der Waals surface area contributed by atoms with Gasteiger partial charge >= 0.3 is 0 Å². The number of hydrogen-bond donors (Lipinski definition) is 2. The summed E-state index contributed by atoms with van der Waals surface area (Å²) in [5.74, 6) is 0.624. The molecule has 7 heteroatoms. The molecule has 0 radical (unpaired) electrons. The minimum atomic E-state index is -0.887. The molecule has 1 atom stereocenters. The van der Waals surface area contributed by atoms with Crippen LogP contribution in [-0.4, -0.2) is 42.4 Å². The van der Waals surface area contributed by atoms with Crippen molar-refractivity contribution in [3.8, 4) is 11.5 Å². The van der Waals surface area contributed by atoms with Crippen molar-refractivity contribution in [2.24, 2.45) is 0 Å². The van der Waals surface area contributed by atoms with Crippen LogP contribution < -0.4 is 20.3 Å². The van der Waals surface area contributed by atoms with E-state index in [1.807, 2.05) is 0 Å². The number of amides is 1. The number of ether oxygens (including phenoxy) is 2. The normalized spacial score (nSPS) is 11.6. The Balaban J connectivity index is 1.97. The third kappa shape index (κ3) is 4.60. The smallest absolute Gasteiger partial charge is 0.251 e. The fourth-order valence-electron chi connectivity index (χ4n) is 2.15. The molecule has 0 saturated heterocycles. The zero-order valence-electron chi connectivity index (χ0n) is 13.6. The van der Waals surface area contributed by atoms with Crippen molar-refractivity contribution < 1.29 is 19.4 Å². The monoisotopic (exact) mass is 332 g/mol. The number of carbonyl (C=O) groups excluding carboxylic acids is 1. The number of nitrogens with one attached hydrogen (secondary N) is 1. The Bertz CT molecular complexity index is 734. The summed E-state index contributed by atoms with van der Waals surface area (Å²) >= 11 is 0. The van der Waals surface area contributed by atoms with Gasteiger partial charge in [0, 0.05) is 30.4 Å². The summed E-state index contributed by atoms with van der Waals surface area (Å²) in [5, 5.41) is 12.6. The molecule has 24 heavy (non-hydrogen) atoms.